The van der Waals surface area contributed by atoms with Crippen LogP contribution in [0.25, 0.3) is 22.6 Å². The largest absolute Gasteiger partial charge is 0.507 e. The van der Waals surface area contributed by atoms with E-state index >= 15 is 0 Å². The van der Waals surface area contributed by atoms with Gasteiger partial charge in [-0.15, -0.1) is 0 Å². The molecule has 7 nitrogen and oxygen atoms in total. The van der Waals surface area contributed by atoms with E-state index in [0.29, 0.717) is 34.0 Å². The summed E-state index contributed by atoms with van der Waals surface area (Å²) in [5, 5.41) is 15.8. The number of nitrogens with one attached hydrogen (secondary N) is 2. The summed E-state index contributed by atoms with van der Waals surface area (Å²) >= 11 is 5.15. The maximum absolute atomic E-state index is 12.0. The van der Waals surface area contributed by atoms with E-state index < -0.39 is 5.91 Å². The van der Waals surface area contributed by atoms with E-state index in [0.717, 1.165) is 0 Å². The predicted molar refractivity (Wildman–Crippen MR) is 117 cm³/mol. The number of carbonyl (C=O) groups excluding carboxylic acids is 1. The molecule has 0 fully saturated rings. The number of carbonyl (C=O) groups is 1. The monoisotopic (exact) mass is 419 g/mol. The molecule has 1 aromatic heterocycles. The van der Waals surface area contributed by atoms with Crippen LogP contribution in [0.15, 0.2) is 77.2 Å². The second-order valence-electron chi connectivity index (χ2n) is 6.32. The summed E-state index contributed by atoms with van der Waals surface area (Å²) < 4.78 is 11.1. The van der Waals surface area contributed by atoms with Crippen molar-refractivity contribution < 1.29 is 19.1 Å². The standard InChI is InChI=1S/C22H17N3O4S/c26-18-12-14(10-11-16(18)21-24-17-8-4-5-9-19(17)29-21)23-22(30)25-20(27)13-28-15-6-2-1-3-7-15/h1-12,26H,13H2,(H2,23,25,27,30). The van der Waals surface area contributed by atoms with Gasteiger partial charge >= 0.3 is 0 Å². The van der Waals surface area contributed by atoms with E-state index in [9.17, 15) is 9.90 Å². The Kier molecular flexibility index (Phi) is 5.58. The van der Waals surface area contributed by atoms with Crippen LogP contribution in [0.4, 0.5) is 5.69 Å². The Morgan fingerprint density at radius 3 is 2.60 bits per heavy atom. The third-order valence-electron chi connectivity index (χ3n) is 4.15. The first-order chi connectivity index (χ1) is 14.6. The van der Waals surface area contributed by atoms with Crippen molar-refractivity contribution in [2.75, 3.05) is 11.9 Å². The van der Waals surface area contributed by atoms with Crippen LogP contribution in [0.5, 0.6) is 11.5 Å². The molecule has 0 radical (unpaired) electrons. The second-order valence-corrected chi connectivity index (χ2v) is 6.73. The van der Waals surface area contributed by atoms with E-state index in [2.05, 4.69) is 15.6 Å². The van der Waals surface area contributed by atoms with Crippen LogP contribution < -0.4 is 15.4 Å². The molecule has 0 unspecified atom stereocenters. The molecule has 1 heterocycles. The summed E-state index contributed by atoms with van der Waals surface area (Å²) in [5.41, 5.74) is 2.29. The quantitative estimate of drug-likeness (QED) is 0.419. The molecule has 4 rings (SSSR count). The lowest BCUT2D eigenvalue weighted by Crippen LogP contribution is -2.37. The highest BCUT2D eigenvalue weighted by atomic mass is 32.1. The fraction of sp³-hybridized carbons (Fsp3) is 0.0455. The average Bonchev–Trinajstić information content (AvgIpc) is 3.17. The number of para-hydroxylation sites is 3. The molecule has 30 heavy (non-hydrogen) atoms. The van der Waals surface area contributed by atoms with Crippen LogP contribution in [0.3, 0.4) is 0 Å². The number of thiocarbonyl (C=S) groups is 1. The van der Waals surface area contributed by atoms with Crippen molar-refractivity contribution in [3.63, 3.8) is 0 Å². The maximum Gasteiger partial charge on any atom is 0.264 e. The highest BCUT2D eigenvalue weighted by Gasteiger charge is 2.13. The van der Waals surface area contributed by atoms with Crippen LogP contribution in [0, 0.1) is 0 Å². The van der Waals surface area contributed by atoms with Crippen LogP contribution in [0.2, 0.25) is 0 Å². The van der Waals surface area contributed by atoms with Gasteiger partial charge in [0.1, 0.15) is 17.0 Å². The van der Waals surface area contributed by atoms with Gasteiger partial charge < -0.3 is 19.6 Å². The number of fused-ring (bicyclic) bond motifs is 1. The number of anilines is 1. The lowest BCUT2D eigenvalue weighted by Gasteiger charge is -2.11. The summed E-state index contributed by atoms with van der Waals surface area (Å²) in [4.78, 5) is 16.4. The van der Waals surface area contributed by atoms with Gasteiger partial charge in [-0.2, -0.15) is 0 Å². The number of aromatic hydroxyl groups is 1. The average molecular weight is 419 g/mol. The first kappa shape index (κ1) is 19.4. The number of oxazole rings is 1. The van der Waals surface area contributed by atoms with Gasteiger partial charge in [-0.3, -0.25) is 10.1 Å². The number of hydrogen-bond donors (Lipinski definition) is 3. The Balaban J connectivity index is 1.37. The SMILES string of the molecule is O=C(COc1ccccc1)NC(=S)Nc1ccc(-c2nc3ccccc3o2)c(O)c1. The molecule has 0 spiro atoms. The number of benzene rings is 3. The van der Waals surface area contributed by atoms with E-state index in [1.165, 1.54) is 6.07 Å². The zero-order valence-electron chi connectivity index (χ0n) is 15.7. The summed E-state index contributed by atoms with van der Waals surface area (Å²) in [7, 11) is 0. The number of hydrogen-bond acceptors (Lipinski definition) is 6. The molecule has 150 valence electrons. The zero-order valence-corrected chi connectivity index (χ0v) is 16.5. The summed E-state index contributed by atoms with van der Waals surface area (Å²) in [6.07, 6.45) is 0. The Morgan fingerprint density at radius 1 is 1.07 bits per heavy atom. The van der Waals surface area contributed by atoms with Crippen molar-refractivity contribution in [2.24, 2.45) is 0 Å². The molecule has 0 aliphatic heterocycles. The number of aromatic nitrogens is 1. The molecule has 8 heteroatoms. The minimum atomic E-state index is -0.399. The summed E-state index contributed by atoms with van der Waals surface area (Å²) in [5.74, 6) is 0.470. The van der Waals surface area contributed by atoms with Gasteiger partial charge in [-0.25, -0.2) is 4.98 Å². The van der Waals surface area contributed by atoms with E-state index in [1.54, 1.807) is 30.3 Å². The number of amides is 1. The van der Waals surface area contributed by atoms with E-state index in [4.69, 9.17) is 21.4 Å². The highest BCUT2D eigenvalue weighted by Crippen LogP contribution is 2.32. The smallest absolute Gasteiger partial charge is 0.264 e. The maximum atomic E-state index is 12.0. The third kappa shape index (κ3) is 4.56. The van der Waals surface area contributed by atoms with Crippen molar-refractivity contribution in [1.82, 2.24) is 10.3 Å². The first-order valence-corrected chi connectivity index (χ1v) is 9.47. The Labute approximate surface area is 177 Å². The fourth-order valence-electron chi connectivity index (χ4n) is 2.77. The minimum absolute atomic E-state index is 0.0342. The first-order valence-electron chi connectivity index (χ1n) is 9.06. The van der Waals surface area contributed by atoms with E-state index in [1.807, 2.05) is 36.4 Å². The number of ether oxygens (including phenoxy) is 1. The Hall–Kier alpha value is -3.91. The van der Waals surface area contributed by atoms with Gasteiger partial charge in [0.05, 0.1) is 5.56 Å². The Bertz CT molecular complexity index is 1170. The van der Waals surface area contributed by atoms with E-state index in [-0.39, 0.29) is 17.5 Å². The minimum Gasteiger partial charge on any atom is -0.507 e. The van der Waals surface area contributed by atoms with Crippen molar-refractivity contribution in [3.8, 4) is 23.0 Å². The molecule has 0 saturated heterocycles. The summed E-state index contributed by atoms with van der Waals surface area (Å²) in [6.45, 7) is -0.173. The highest BCUT2D eigenvalue weighted by molar-refractivity contribution is 7.80. The number of rotatable bonds is 5. The fourth-order valence-corrected chi connectivity index (χ4v) is 3.00. The molecule has 1 amide bonds. The third-order valence-corrected chi connectivity index (χ3v) is 4.35. The molecule has 3 N–H and O–H groups in total. The molecule has 4 aromatic rings. The zero-order chi connectivity index (χ0) is 20.9. The second kappa shape index (κ2) is 8.62. The molecule has 0 aliphatic carbocycles. The van der Waals surface area contributed by atoms with Gasteiger partial charge in [0.25, 0.3) is 5.91 Å². The molecule has 0 atom stereocenters. The molecule has 0 aliphatic rings. The lowest BCUT2D eigenvalue weighted by molar-refractivity contribution is -0.121. The van der Waals surface area contributed by atoms with Crippen molar-refractivity contribution in [1.29, 1.82) is 0 Å². The predicted octanol–water partition coefficient (Wildman–Crippen LogP) is 4.09. The van der Waals surface area contributed by atoms with Crippen molar-refractivity contribution >= 4 is 40.0 Å². The van der Waals surface area contributed by atoms with Crippen LogP contribution in [-0.2, 0) is 4.79 Å². The van der Waals surface area contributed by atoms with Gasteiger partial charge in [0.2, 0.25) is 5.89 Å². The van der Waals surface area contributed by atoms with Crippen LogP contribution in [0.1, 0.15) is 0 Å². The van der Waals surface area contributed by atoms with Gasteiger partial charge in [-0.05, 0) is 48.6 Å². The number of phenols is 1. The number of phenolic OH excluding ortho intramolecular Hbond substituents is 1. The molecule has 0 saturated carbocycles. The van der Waals surface area contributed by atoms with Crippen molar-refractivity contribution in [3.05, 3.63) is 72.8 Å². The van der Waals surface area contributed by atoms with Crippen molar-refractivity contribution in [2.45, 2.75) is 0 Å². The van der Waals surface area contributed by atoms with Gasteiger partial charge in [-0.1, -0.05) is 30.3 Å². The summed E-state index contributed by atoms with van der Waals surface area (Å²) in [6, 6.07) is 21.2. The molecule has 0 bridgehead atoms. The van der Waals surface area contributed by atoms with Gasteiger partial charge in [0, 0.05) is 11.8 Å². The molecular weight excluding hydrogens is 402 g/mol. The van der Waals surface area contributed by atoms with Crippen LogP contribution in [-0.4, -0.2) is 27.7 Å². The number of nitrogens with zero attached hydrogens (tertiary/aromatic N) is 1. The molecule has 3 aromatic carbocycles. The van der Waals surface area contributed by atoms with Crippen LogP contribution >= 0.6 is 12.2 Å². The Morgan fingerprint density at radius 2 is 1.83 bits per heavy atom. The van der Waals surface area contributed by atoms with Gasteiger partial charge in [0.15, 0.2) is 17.3 Å². The topological polar surface area (TPSA) is 96.6 Å². The lowest BCUT2D eigenvalue weighted by atomic mass is 10.2. The molecular formula is C22H17N3O4S. The normalized spacial score (nSPS) is 10.5.